The first-order valence-electron chi connectivity index (χ1n) is 7.69. The number of hydrogen-bond acceptors (Lipinski definition) is 5. The molecule has 0 aliphatic heterocycles. The molecule has 0 radical (unpaired) electrons. The second-order valence-electron chi connectivity index (χ2n) is 5.85. The number of fused-ring (bicyclic) bond motifs is 1. The number of nitrogen functional groups attached to an aromatic ring is 1. The van der Waals surface area contributed by atoms with Gasteiger partial charge in [-0.1, -0.05) is 18.2 Å². The first-order chi connectivity index (χ1) is 11.8. The van der Waals surface area contributed by atoms with Crippen molar-refractivity contribution < 1.29 is 13.2 Å². The Labute approximate surface area is 145 Å². The molecule has 3 N–H and O–H groups in total. The molecule has 2 aromatic carbocycles. The Bertz CT molecular complexity index is 1040. The van der Waals surface area contributed by atoms with Gasteiger partial charge in [-0.15, -0.1) is 0 Å². The number of nitrogens with one attached hydrogen (secondary N) is 1. The van der Waals surface area contributed by atoms with E-state index in [-0.39, 0.29) is 11.9 Å². The van der Waals surface area contributed by atoms with Crippen molar-refractivity contribution in [2.24, 2.45) is 0 Å². The van der Waals surface area contributed by atoms with E-state index in [1.54, 1.807) is 56.3 Å². The highest BCUT2D eigenvalue weighted by atomic mass is 32.2. The standard InChI is InChI=1S/C17H18N4O3S/c1-11(2)25(23,24)21-15-9-8-13(10-14(15)20-17(21)18)19-16(22)12-6-4-3-5-7-12/h3-11H,1-2H3,(H2,18,20)(H,19,22). The van der Waals surface area contributed by atoms with Crippen molar-refractivity contribution in [2.45, 2.75) is 19.1 Å². The smallest absolute Gasteiger partial charge is 0.255 e. The lowest BCUT2D eigenvalue weighted by molar-refractivity contribution is 0.102. The van der Waals surface area contributed by atoms with Crippen LogP contribution in [0, 0.1) is 0 Å². The van der Waals surface area contributed by atoms with Crippen molar-refractivity contribution in [2.75, 3.05) is 11.1 Å². The van der Waals surface area contributed by atoms with Gasteiger partial charge < -0.3 is 11.1 Å². The van der Waals surface area contributed by atoms with Crippen molar-refractivity contribution in [3.63, 3.8) is 0 Å². The third-order valence-corrected chi connectivity index (χ3v) is 5.87. The minimum atomic E-state index is -3.63. The van der Waals surface area contributed by atoms with Crippen LogP contribution in [0.4, 0.5) is 11.6 Å². The van der Waals surface area contributed by atoms with Gasteiger partial charge in [-0.2, -0.15) is 0 Å². The van der Waals surface area contributed by atoms with Crippen molar-refractivity contribution in [1.29, 1.82) is 0 Å². The summed E-state index contributed by atoms with van der Waals surface area (Å²) in [5.74, 6) is -0.364. The van der Waals surface area contributed by atoms with Crippen molar-refractivity contribution in [3.8, 4) is 0 Å². The Morgan fingerprint density at radius 1 is 1.16 bits per heavy atom. The molecule has 3 rings (SSSR count). The van der Waals surface area contributed by atoms with E-state index in [0.29, 0.717) is 22.3 Å². The van der Waals surface area contributed by atoms with Gasteiger partial charge in [-0.25, -0.2) is 17.4 Å². The largest absolute Gasteiger partial charge is 0.368 e. The van der Waals surface area contributed by atoms with E-state index in [0.717, 1.165) is 3.97 Å². The fourth-order valence-electron chi connectivity index (χ4n) is 2.43. The molecule has 3 aromatic rings. The lowest BCUT2D eigenvalue weighted by Gasteiger charge is -2.11. The maximum Gasteiger partial charge on any atom is 0.255 e. The minimum Gasteiger partial charge on any atom is -0.368 e. The van der Waals surface area contributed by atoms with Gasteiger partial charge in [-0.3, -0.25) is 4.79 Å². The SMILES string of the molecule is CC(C)S(=O)(=O)n1c(N)nc2cc(NC(=O)c3ccccc3)ccc21. The molecule has 0 aliphatic rings. The number of benzene rings is 2. The van der Waals surface area contributed by atoms with Crippen LogP contribution in [0.3, 0.4) is 0 Å². The molecule has 0 aliphatic carbocycles. The number of anilines is 2. The Kier molecular flexibility index (Phi) is 4.22. The summed E-state index contributed by atoms with van der Waals surface area (Å²) in [6.45, 7) is 3.16. The fourth-order valence-corrected chi connectivity index (χ4v) is 3.58. The molecule has 130 valence electrons. The van der Waals surface area contributed by atoms with E-state index >= 15 is 0 Å². The third-order valence-electron chi connectivity index (χ3n) is 3.78. The van der Waals surface area contributed by atoms with Gasteiger partial charge in [0.05, 0.1) is 16.3 Å². The number of carbonyl (C=O) groups excluding carboxylic acids is 1. The average Bonchev–Trinajstić information content (AvgIpc) is 2.91. The summed E-state index contributed by atoms with van der Waals surface area (Å²) >= 11 is 0. The van der Waals surface area contributed by atoms with Crippen molar-refractivity contribution in [1.82, 2.24) is 8.96 Å². The second-order valence-corrected chi connectivity index (χ2v) is 8.19. The number of rotatable bonds is 4. The van der Waals surface area contributed by atoms with Gasteiger partial charge in [0.15, 0.2) is 0 Å². The molecule has 0 spiro atoms. The molecule has 0 unspecified atom stereocenters. The predicted octanol–water partition coefficient (Wildman–Crippen LogP) is 2.46. The lowest BCUT2D eigenvalue weighted by atomic mass is 10.2. The molecule has 0 atom stereocenters. The summed E-state index contributed by atoms with van der Waals surface area (Å²) in [6.07, 6.45) is 0. The van der Waals surface area contributed by atoms with E-state index in [9.17, 15) is 13.2 Å². The van der Waals surface area contributed by atoms with E-state index in [1.165, 1.54) is 0 Å². The number of aromatic nitrogens is 2. The van der Waals surface area contributed by atoms with Crippen LogP contribution in [0.1, 0.15) is 24.2 Å². The minimum absolute atomic E-state index is 0.102. The number of nitrogens with two attached hydrogens (primary N) is 1. The van der Waals surface area contributed by atoms with Gasteiger partial charge in [-0.05, 0) is 44.2 Å². The van der Waals surface area contributed by atoms with Crippen LogP contribution in [-0.2, 0) is 10.0 Å². The van der Waals surface area contributed by atoms with Crippen LogP contribution >= 0.6 is 0 Å². The highest BCUT2D eigenvalue weighted by Crippen LogP contribution is 2.25. The zero-order chi connectivity index (χ0) is 18.2. The third kappa shape index (κ3) is 3.08. The predicted molar refractivity (Wildman–Crippen MR) is 98.0 cm³/mol. The van der Waals surface area contributed by atoms with Crippen LogP contribution in [0.25, 0.3) is 11.0 Å². The van der Waals surface area contributed by atoms with Crippen molar-refractivity contribution >= 4 is 38.6 Å². The van der Waals surface area contributed by atoms with Gasteiger partial charge >= 0.3 is 0 Å². The lowest BCUT2D eigenvalue weighted by Crippen LogP contribution is -2.23. The molecule has 1 amide bonds. The highest BCUT2D eigenvalue weighted by Gasteiger charge is 2.24. The van der Waals surface area contributed by atoms with E-state index < -0.39 is 15.3 Å². The normalized spacial score (nSPS) is 11.8. The molecule has 0 fully saturated rings. The molecule has 8 heteroatoms. The summed E-state index contributed by atoms with van der Waals surface area (Å²) in [4.78, 5) is 16.3. The Morgan fingerprint density at radius 3 is 2.48 bits per heavy atom. The monoisotopic (exact) mass is 358 g/mol. The molecule has 1 aromatic heterocycles. The Morgan fingerprint density at radius 2 is 1.84 bits per heavy atom. The summed E-state index contributed by atoms with van der Waals surface area (Å²) in [7, 11) is -3.63. The number of nitrogens with zero attached hydrogens (tertiary/aromatic N) is 2. The Balaban J connectivity index is 1.99. The van der Waals surface area contributed by atoms with Crippen LogP contribution in [-0.4, -0.2) is 28.5 Å². The first kappa shape index (κ1) is 17.0. The van der Waals surface area contributed by atoms with Crippen molar-refractivity contribution in [3.05, 3.63) is 54.1 Å². The van der Waals surface area contributed by atoms with Gasteiger partial charge in [0.1, 0.15) is 0 Å². The molecule has 0 bridgehead atoms. The maximum atomic E-state index is 12.4. The van der Waals surface area contributed by atoms with Crippen LogP contribution in [0.2, 0.25) is 0 Å². The first-order valence-corrected chi connectivity index (χ1v) is 9.20. The molecule has 7 nitrogen and oxygen atoms in total. The zero-order valence-electron chi connectivity index (χ0n) is 13.8. The van der Waals surface area contributed by atoms with Crippen LogP contribution in [0.5, 0.6) is 0 Å². The zero-order valence-corrected chi connectivity index (χ0v) is 14.6. The van der Waals surface area contributed by atoms with E-state index in [1.807, 2.05) is 6.07 Å². The number of hydrogen-bond donors (Lipinski definition) is 2. The topological polar surface area (TPSA) is 107 Å². The van der Waals surface area contributed by atoms with E-state index in [4.69, 9.17) is 5.73 Å². The number of imidazole rings is 1. The second kappa shape index (κ2) is 6.21. The van der Waals surface area contributed by atoms with Crippen LogP contribution < -0.4 is 11.1 Å². The number of carbonyl (C=O) groups is 1. The summed E-state index contributed by atoms with van der Waals surface area (Å²) in [6, 6.07) is 13.6. The summed E-state index contributed by atoms with van der Waals surface area (Å²) in [5.41, 5.74) is 7.61. The average molecular weight is 358 g/mol. The van der Waals surface area contributed by atoms with Crippen LogP contribution in [0.15, 0.2) is 48.5 Å². The molecular weight excluding hydrogens is 340 g/mol. The highest BCUT2D eigenvalue weighted by molar-refractivity contribution is 7.90. The molecule has 0 saturated carbocycles. The van der Waals surface area contributed by atoms with Gasteiger partial charge in [0.25, 0.3) is 5.91 Å². The summed E-state index contributed by atoms with van der Waals surface area (Å²) < 4.78 is 25.9. The maximum absolute atomic E-state index is 12.4. The quantitative estimate of drug-likeness (QED) is 0.745. The molecule has 25 heavy (non-hydrogen) atoms. The summed E-state index contributed by atoms with van der Waals surface area (Å²) in [5, 5.41) is 2.13. The van der Waals surface area contributed by atoms with Gasteiger partial charge in [0, 0.05) is 11.3 Å². The number of amides is 1. The van der Waals surface area contributed by atoms with E-state index in [2.05, 4.69) is 10.3 Å². The fraction of sp³-hybridized carbons (Fsp3) is 0.176. The Hall–Kier alpha value is -2.87. The van der Waals surface area contributed by atoms with Gasteiger partial charge in [0.2, 0.25) is 16.0 Å². The molecule has 1 heterocycles. The molecule has 0 saturated heterocycles. The molecular formula is C17H18N4O3S.